The Bertz CT molecular complexity index is 811. The number of carboxylic acids is 2. The van der Waals surface area contributed by atoms with Crippen LogP contribution in [0, 0.1) is 5.92 Å². The van der Waals surface area contributed by atoms with E-state index in [1.807, 2.05) is 0 Å². The monoisotopic (exact) mass is 461 g/mol. The zero-order valence-corrected chi connectivity index (χ0v) is 19.0. The first kappa shape index (κ1) is 25.0. The molecule has 1 amide bonds. The van der Waals surface area contributed by atoms with E-state index in [1.54, 1.807) is 24.3 Å². The Labute approximate surface area is 194 Å². The van der Waals surface area contributed by atoms with E-state index >= 15 is 0 Å². The molecule has 0 spiro atoms. The summed E-state index contributed by atoms with van der Waals surface area (Å²) in [6, 6.07) is 4.87. The maximum absolute atomic E-state index is 13.1. The molecule has 0 aliphatic carbocycles. The van der Waals surface area contributed by atoms with Crippen molar-refractivity contribution in [1.82, 2.24) is 10.6 Å². The van der Waals surface area contributed by atoms with Gasteiger partial charge in [0.2, 0.25) is 5.91 Å². The van der Waals surface area contributed by atoms with Gasteiger partial charge in [0.05, 0.1) is 5.69 Å². The van der Waals surface area contributed by atoms with Gasteiger partial charge < -0.3 is 20.3 Å². The van der Waals surface area contributed by atoms with E-state index in [0.29, 0.717) is 17.9 Å². The summed E-state index contributed by atoms with van der Waals surface area (Å²) in [6.45, 7) is 1.63. The Kier molecular flexibility index (Phi) is 9.50. The molecule has 4 N–H and O–H groups in total. The normalized spacial score (nSPS) is 19.9. The fourth-order valence-corrected chi connectivity index (χ4v) is 4.60. The molecule has 2 heterocycles. The number of carbonyl (C=O) groups excluding carboxylic acids is 1. The minimum atomic E-state index is -1.15. The summed E-state index contributed by atoms with van der Waals surface area (Å²) >= 11 is 0. The van der Waals surface area contributed by atoms with Gasteiger partial charge >= 0.3 is 11.9 Å². The molecule has 2 aliphatic heterocycles. The van der Waals surface area contributed by atoms with Gasteiger partial charge in [0.1, 0.15) is 31.0 Å². The second-order valence-corrected chi connectivity index (χ2v) is 8.89. The molecule has 9 nitrogen and oxygen atoms in total. The van der Waals surface area contributed by atoms with Crippen molar-refractivity contribution in [3.05, 3.63) is 24.3 Å². The van der Waals surface area contributed by atoms with Crippen molar-refractivity contribution in [3.8, 4) is 5.75 Å². The lowest BCUT2D eigenvalue weighted by molar-refractivity contribution is -0.141. The molecule has 1 unspecified atom stereocenters. The molecule has 1 aromatic carbocycles. The van der Waals surface area contributed by atoms with Crippen molar-refractivity contribution < 1.29 is 29.3 Å². The molecular formula is C24H35N3O6. The van der Waals surface area contributed by atoms with Crippen LogP contribution in [0.25, 0.3) is 0 Å². The van der Waals surface area contributed by atoms with E-state index in [2.05, 4.69) is 10.6 Å². The van der Waals surface area contributed by atoms with Crippen molar-refractivity contribution in [2.24, 2.45) is 5.92 Å². The average Bonchev–Trinajstić information content (AvgIpc) is 2.93. The van der Waals surface area contributed by atoms with E-state index in [1.165, 1.54) is 19.3 Å². The summed E-state index contributed by atoms with van der Waals surface area (Å²) < 4.78 is 5.72. The van der Waals surface area contributed by atoms with Gasteiger partial charge in [-0.25, -0.2) is 0 Å². The van der Waals surface area contributed by atoms with Gasteiger partial charge in [0, 0.05) is 0 Å². The number of nitrogens with zero attached hydrogens (tertiary/aromatic N) is 1. The summed E-state index contributed by atoms with van der Waals surface area (Å²) in [7, 11) is 0. The topological polar surface area (TPSA) is 128 Å². The zero-order chi connectivity index (χ0) is 23.6. The molecule has 3 rings (SSSR count). The summed E-state index contributed by atoms with van der Waals surface area (Å²) in [5, 5.41) is 25.3. The number of amides is 1. The van der Waals surface area contributed by atoms with E-state index in [0.717, 1.165) is 49.6 Å². The number of benzene rings is 1. The van der Waals surface area contributed by atoms with Crippen LogP contribution >= 0.6 is 0 Å². The molecule has 0 aromatic heterocycles. The number of hydrogen-bond acceptors (Lipinski definition) is 6. The molecule has 0 saturated carbocycles. The van der Waals surface area contributed by atoms with Crippen molar-refractivity contribution >= 4 is 23.5 Å². The van der Waals surface area contributed by atoms with Crippen LogP contribution in [0.1, 0.15) is 51.4 Å². The maximum Gasteiger partial charge on any atom is 0.323 e. The Hall–Kier alpha value is -2.65. The SMILES string of the molecule is O=C(O)CN1C(=O)[C@@H](NC(CCCCCCC2CCNCC2)C(=O)O)COc2ccccc21. The van der Waals surface area contributed by atoms with Crippen LogP contribution in [0.2, 0.25) is 0 Å². The lowest BCUT2D eigenvalue weighted by Crippen LogP contribution is -2.54. The number of anilines is 1. The standard InChI is InChI=1S/C24H35N3O6/c28-22(29)15-27-20-9-5-6-10-21(20)33-16-19(23(27)30)26-18(24(31)32)8-4-2-1-3-7-17-11-13-25-14-12-17/h5-6,9-10,17-19,25-26H,1-4,7-8,11-16H2,(H,28,29)(H,31,32)/t18?,19-/m0/s1. The number of para-hydroxylation sites is 2. The Balaban J connectivity index is 1.51. The molecule has 1 fully saturated rings. The summed E-state index contributed by atoms with van der Waals surface area (Å²) in [5.74, 6) is -1.48. The lowest BCUT2D eigenvalue weighted by atomic mass is 9.92. The number of aliphatic carboxylic acids is 2. The predicted molar refractivity (Wildman–Crippen MR) is 124 cm³/mol. The zero-order valence-electron chi connectivity index (χ0n) is 19.0. The van der Waals surface area contributed by atoms with Crippen LogP contribution in [0.3, 0.4) is 0 Å². The first-order chi connectivity index (χ1) is 16.0. The van der Waals surface area contributed by atoms with Gasteiger partial charge in [-0.15, -0.1) is 0 Å². The minimum absolute atomic E-state index is 0.0635. The molecule has 2 aliphatic rings. The van der Waals surface area contributed by atoms with Crippen LogP contribution in [0.4, 0.5) is 5.69 Å². The van der Waals surface area contributed by atoms with Crippen molar-refractivity contribution in [1.29, 1.82) is 0 Å². The third-order valence-corrected chi connectivity index (χ3v) is 6.43. The highest BCUT2D eigenvalue weighted by Crippen LogP contribution is 2.31. The van der Waals surface area contributed by atoms with E-state index < -0.39 is 36.5 Å². The van der Waals surface area contributed by atoms with E-state index in [9.17, 15) is 24.6 Å². The fourth-order valence-electron chi connectivity index (χ4n) is 4.60. The van der Waals surface area contributed by atoms with Crippen LogP contribution in [-0.4, -0.2) is 66.4 Å². The fraction of sp³-hybridized carbons (Fsp3) is 0.625. The minimum Gasteiger partial charge on any atom is -0.489 e. The van der Waals surface area contributed by atoms with Crippen molar-refractivity contribution in [2.75, 3.05) is 31.1 Å². The summed E-state index contributed by atoms with van der Waals surface area (Å²) in [4.78, 5) is 37.4. The first-order valence-electron chi connectivity index (χ1n) is 11.9. The molecule has 1 aromatic rings. The number of unbranched alkanes of at least 4 members (excludes halogenated alkanes) is 3. The predicted octanol–water partition coefficient (Wildman–Crippen LogP) is 2.25. The van der Waals surface area contributed by atoms with E-state index in [-0.39, 0.29) is 6.61 Å². The lowest BCUT2D eigenvalue weighted by Gasteiger charge is -2.25. The Morgan fingerprint density at radius 1 is 1.12 bits per heavy atom. The smallest absolute Gasteiger partial charge is 0.323 e. The maximum atomic E-state index is 13.1. The molecule has 9 heteroatoms. The molecule has 0 radical (unpaired) electrons. The van der Waals surface area contributed by atoms with Crippen molar-refractivity contribution in [2.45, 2.75) is 63.5 Å². The third kappa shape index (κ3) is 7.43. The van der Waals surface area contributed by atoms with Crippen LogP contribution in [0.15, 0.2) is 24.3 Å². The molecule has 0 bridgehead atoms. The highest BCUT2D eigenvalue weighted by molar-refractivity contribution is 6.02. The molecule has 2 atom stereocenters. The number of hydrogen-bond donors (Lipinski definition) is 4. The number of ether oxygens (including phenoxy) is 1. The van der Waals surface area contributed by atoms with E-state index in [4.69, 9.17) is 4.74 Å². The average molecular weight is 462 g/mol. The van der Waals surface area contributed by atoms with Crippen LogP contribution in [-0.2, 0) is 14.4 Å². The number of fused-ring (bicyclic) bond motifs is 1. The molecule has 182 valence electrons. The van der Waals surface area contributed by atoms with Crippen LogP contribution < -0.4 is 20.3 Å². The van der Waals surface area contributed by atoms with Gasteiger partial charge in [-0.3, -0.25) is 24.6 Å². The molecule has 1 saturated heterocycles. The van der Waals surface area contributed by atoms with Gasteiger partial charge in [0.15, 0.2) is 0 Å². The van der Waals surface area contributed by atoms with Gasteiger partial charge in [-0.1, -0.05) is 44.2 Å². The number of piperidine rings is 1. The summed E-state index contributed by atoms with van der Waals surface area (Å²) in [6.07, 6.45) is 8.04. The van der Waals surface area contributed by atoms with Crippen LogP contribution in [0.5, 0.6) is 5.75 Å². The Morgan fingerprint density at radius 3 is 2.58 bits per heavy atom. The quantitative estimate of drug-likeness (QED) is 0.349. The summed E-state index contributed by atoms with van der Waals surface area (Å²) in [5.41, 5.74) is 0.370. The molecular weight excluding hydrogens is 426 g/mol. The molecule has 33 heavy (non-hydrogen) atoms. The largest absolute Gasteiger partial charge is 0.489 e. The van der Waals surface area contributed by atoms with Gasteiger partial charge in [-0.05, 0) is 50.4 Å². The highest BCUT2D eigenvalue weighted by atomic mass is 16.5. The highest BCUT2D eigenvalue weighted by Gasteiger charge is 2.35. The van der Waals surface area contributed by atoms with Gasteiger partial charge in [-0.2, -0.15) is 0 Å². The Morgan fingerprint density at radius 2 is 1.85 bits per heavy atom. The third-order valence-electron chi connectivity index (χ3n) is 6.43. The van der Waals surface area contributed by atoms with Crippen molar-refractivity contribution in [3.63, 3.8) is 0 Å². The van der Waals surface area contributed by atoms with Gasteiger partial charge in [0.25, 0.3) is 0 Å². The number of carboxylic acid groups (broad SMARTS) is 2. The second kappa shape index (κ2) is 12.6. The number of nitrogens with one attached hydrogen (secondary N) is 2. The first-order valence-corrected chi connectivity index (χ1v) is 11.9. The second-order valence-electron chi connectivity index (χ2n) is 8.89. The number of rotatable bonds is 12. The number of carbonyl (C=O) groups is 3.